The summed E-state index contributed by atoms with van der Waals surface area (Å²) in [6, 6.07) is 19.7. The predicted molar refractivity (Wildman–Crippen MR) is 119 cm³/mol. The molecule has 2 fully saturated rings. The lowest BCUT2D eigenvalue weighted by Gasteiger charge is -2.24. The molecule has 2 amide bonds. The number of thioether (sulfide) groups is 1. The number of rotatable bonds is 7. The fourth-order valence-electron chi connectivity index (χ4n) is 4.32. The third-order valence-corrected chi connectivity index (χ3v) is 7.02. The molecule has 0 aromatic heterocycles. The van der Waals surface area contributed by atoms with Crippen LogP contribution < -0.4 is 0 Å². The number of aliphatic carboxylic acids is 1. The van der Waals surface area contributed by atoms with Crippen LogP contribution in [0.2, 0.25) is 0 Å². The van der Waals surface area contributed by atoms with Gasteiger partial charge >= 0.3 is 12.0 Å². The van der Waals surface area contributed by atoms with Gasteiger partial charge in [0, 0.05) is 29.3 Å². The monoisotopic (exact) mass is 422 g/mol. The van der Waals surface area contributed by atoms with Gasteiger partial charge in [-0.3, -0.25) is 0 Å². The minimum absolute atomic E-state index is 0.0169. The molecule has 5 nitrogen and oxygen atoms in total. The lowest BCUT2D eigenvalue weighted by Crippen LogP contribution is -2.35. The molecular formula is C24H26N2O3S. The predicted octanol–water partition coefficient (Wildman–Crippen LogP) is 4.75. The molecule has 0 saturated carbocycles. The van der Waals surface area contributed by atoms with E-state index in [-0.39, 0.29) is 18.1 Å². The Bertz CT molecular complexity index is 945. The van der Waals surface area contributed by atoms with E-state index in [2.05, 4.69) is 0 Å². The van der Waals surface area contributed by atoms with Crippen LogP contribution in [0.3, 0.4) is 0 Å². The number of fused-ring (bicyclic) bond motifs is 1. The van der Waals surface area contributed by atoms with Crippen molar-refractivity contribution in [3.63, 3.8) is 0 Å². The Kier molecular flexibility index (Phi) is 6.13. The van der Waals surface area contributed by atoms with E-state index < -0.39 is 5.97 Å². The first kappa shape index (κ1) is 20.5. The van der Waals surface area contributed by atoms with E-state index in [0.717, 1.165) is 28.2 Å². The van der Waals surface area contributed by atoms with Gasteiger partial charge in [0.15, 0.2) is 0 Å². The largest absolute Gasteiger partial charge is 0.478 e. The molecule has 4 rings (SSSR count). The third-order valence-electron chi connectivity index (χ3n) is 5.72. The van der Waals surface area contributed by atoms with E-state index in [1.165, 1.54) is 0 Å². The minimum Gasteiger partial charge on any atom is -0.478 e. The molecule has 0 spiro atoms. The first-order chi connectivity index (χ1) is 14.6. The second-order valence-electron chi connectivity index (χ2n) is 7.73. The van der Waals surface area contributed by atoms with Crippen molar-refractivity contribution in [2.75, 3.05) is 5.75 Å². The number of urea groups is 1. The zero-order valence-electron chi connectivity index (χ0n) is 17.0. The summed E-state index contributed by atoms with van der Waals surface area (Å²) < 4.78 is 0. The molecule has 2 atom stereocenters. The highest BCUT2D eigenvalue weighted by atomic mass is 32.2. The van der Waals surface area contributed by atoms with Crippen molar-refractivity contribution in [2.24, 2.45) is 0 Å². The third kappa shape index (κ3) is 3.97. The summed E-state index contributed by atoms with van der Waals surface area (Å²) in [4.78, 5) is 30.1. The standard InChI is InChI=1S/C24H26N2O3S/c1-2-9-19(23(27)28)22-21-20(16-30-22)25(14-17-10-5-3-6-11-17)24(29)26(21)15-18-12-7-4-8-13-18/h3-8,10-13,20-21H,2,9,14-16H2,1H3,(H,27,28)/t20-,21-/m0/s1. The Morgan fingerprint density at radius 1 is 1.00 bits per heavy atom. The molecular weight excluding hydrogens is 396 g/mol. The molecule has 6 heteroatoms. The van der Waals surface area contributed by atoms with Gasteiger partial charge in [-0.25, -0.2) is 9.59 Å². The maximum absolute atomic E-state index is 13.5. The summed E-state index contributed by atoms with van der Waals surface area (Å²) in [5.74, 6) is -0.140. The molecule has 2 aromatic carbocycles. The van der Waals surface area contributed by atoms with Crippen LogP contribution in [-0.2, 0) is 17.9 Å². The van der Waals surface area contributed by atoms with E-state index in [9.17, 15) is 14.7 Å². The van der Waals surface area contributed by atoms with Crippen molar-refractivity contribution < 1.29 is 14.7 Å². The van der Waals surface area contributed by atoms with Crippen LogP contribution in [-0.4, -0.2) is 44.7 Å². The van der Waals surface area contributed by atoms with Crippen molar-refractivity contribution in [2.45, 2.75) is 44.9 Å². The number of nitrogens with zero attached hydrogens (tertiary/aromatic N) is 2. The Labute approximate surface area is 181 Å². The summed E-state index contributed by atoms with van der Waals surface area (Å²) in [5, 5.41) is 9.84. The number of hydrogen-bond donors (Lipinski definition) is 1. The molecule has 1 N–H and O–H groups in total. The zero-order valence-corrected chi connectivity index (χ0v) is 17.8. The molecule has 2 aliphatic heterocycles. The second kappa shape index (κ2) is 8.96. The second-order valence-corrected chi connectivity index (χ2v) is 8.79. The maximum Gasteiger partial charge on any atom is 0.332 e. The molecule has 0 radical (unpaired) electrons. The number of carboxylic acid groups (broad SMARTS) is 1. The van der Waals surface area contributed by atoms with Gasteiger partial charge in [-0.15, -0.1) is 11.8 Å². The SMILES string of the molecule is CCCC(C(=O)O)=C1SC[C@H]2[C@@H]1N(Cc1ccccc1)C(=O)N2Cc1ccccc1. The smallest absolute Gasteiger partial charge is 0.332 e. The maximum atomic E-state index is 13.5. The van der Waals surface area contributed by atoms with Crippen LogP contribution in [0.25, 0.3) is 0 Å². The number of carboxylic acids is 1. The highest BCUT2D eigenvalue weighted by Crippen LogP contribution is 2.45. The summed E-state index contributed by atoms with van der Waals surface area (Å²) in [6.07, 6.45) is 1.29. The molecule has 0 bridgehead atoms. The van der Waals surface area contributed by atoms with E-state index in [1.54, 1.807) is 11.8 Å². The van der Waals surface area contributed by atoms with Crippen LogP contribution in [0.5, 0.6) is 0 Å². The van der Waals surface area contributed by atoms with Gasteiger partial charge in [0.2, 0.25) is 0 Å². The van der Waals surface area contributed by atoms with Crippen molar-refractivity contribution >= 4 is 23.8 Å². The van der Waals surface area contributed by atoms with Crippen molar-refractivity contribution in [3.8, 4) is 0 Å². The molecule has 156 valence electrons. The molecule has 2 heterocycles. The van der Waals surface area contributed by atoms with E-state index in [4.69, 9.17) is 0 Å². The normalized spacial score (nSPS) is 22.4. The van der Waals surface area contributed by atoms with Gasteiger partial charge in [-0.05, 0) is 17.5 Å². The lowest BCUT2D eigenvalue weighted by atomic mass is 10.0. The van der Waals surface area contributed by atoms with Crippen LogP contribution in [0.15, 0.2) is 71.1 Å². The topological polar surface area (TPSA) is 60.9 Å². The average molecular weight is 423 g/mol. The molecule has 2 saturated heterocycles. The Morgan fingerprint density at radius 3 is 2.10 bits per heavy atom. The van der Waals surface area contributed by atoms with Gasteiger partial charge in [0.1, 0.15) is 0 Å². The van der Waals surface area contributed by atoms with Crippen molar-refractivity contribution in [3.05, 3.63) is 82.3 Å². The zero-order chi connectivity index (χ0) is 21.1. The highest BCUT2D eigenvalue weighted by molar-refractivity contribution is 8.03. The van der Waals surface area contributed by atoms with Crippen LogP contribution in [0, 0.1) is 0 Å². The van der Waals surface area contributed by atoms with Gasteiger partial charge in [0.25, 0.3) is 0 Å². The van der Waals surface area contributed by atoms with Gasteiger partial charge in [-0.2, -0.15) is 0 Å². The average Bonchev–Trinajstić information content (AvgIpc) is 3.28. The number of hydrogen-bond acceptors (Lipinski definition) is 3. The van der Waals surface area contributed by atoms with E-state index >= 15 is 0 Å². The van der Waals surface area contributed by atoms with Crippen molar-refractivity contribution in [1.82, 2.24) is 9.80 Å². The molecule has 2 aromatic rings. The minimum atomic E-state index is -0.867. The number of carbonyl (C=O) groups is 2. The van der Waals surface area contributed by atoms with Crippen LogP contribution >= 0.6 is 11.8 Å². The molecule has 0 unspecified atom stereocenters. The van der Waals surface area contributed by atoms with Gasteiger partial charge < -0.3 is 14.9 Å². The highest BCUT2D eigenvalue weighted by Gasteiger charge is 2.51. The fraction of sp³-hybridized carbons (Fsp3) is 0.333. The van der Waals surface area contributed by atoms with Crippen molar-refractivity contribution in [1.29, 1.82) is 0 Å². The van der Waals surface area contributed by atoms with Gasteiger partial charge in [-0.1, -0.05) is 74.0 Å². The Hall–Kier alpha value is -2.73. The first-order valence-electron chi connectivity index (χ1n) is 10.3. The molecule has 2 aliphatic rings. The summed E-state index contributed by atoms with van der Waals surface area (Å²) in [6.45, 7) is 3.01. The molecule has 0 aliphatic carbocycles. The Morgan fingerprint density at radius 2 is 1.57 bits per heavy atom. The summed E-state index contributed by atoms with van der Waals surface area (Å²) in [7, 11) is 0. The van der Waals surface area contributed by atoms with Crippen LogP contribution in [0.1, 0.15) is 30.9 Å². The Balaban J connectivity index is 1.71. The quantitative estimate of drug-likeness (QED) is 0.517. The number of amides is 2. The number of benzene rings is 2. The number of carbonyl (C=O) groups excluding carboxylic acids is 1. The summed E-state index contributed by atoms with van der Waals surface area (Å²) >= 11 is 1.60. The van der Waals surface area contributed by atoms with Gasteiger partial charge in [0.05, 0.1) is 12.1 Å². The van der Waals surface area contributed by atoms with E-state index in [0.29, 0.717) is 25.1 Å². The fourth-order valence-corrected chi connectivity index (χ4v) is 5.86. The lowest BCUT2D eigenvalue weighted by molar-refractivity contribution is -0.132. The molecule has 30 heavy (non-hydrogen) atoms. The summed E-state index contributed by atoms with van der Waals surface area (Å²) in [5.41, 5.74) is 2.60. The first-order valence-corrected chi connectivity index (χ1v) is 11.3. The van der Waals surface area contributed by atoms with Crippen LogP contribution in [0.4, 0.5) is 4.79 Å². The van der Waals surface area contributed by atoms with E-state index in [1.807, 2.05) is 77.4 Å².